The first-order chi connectivity index (χ1) is 14.7. The van der Waals surface area contributed by atoms with Crippen molar-refractivity contribution < 1.29 is 14.3 Å². The van der Waals surface area contributed by atoms with E-state index in [-0.39, 0.29) is 23.1 Å². The lowest BCUT2D eigenvalue weighted by atomic mass is 9.91. The van der Waals surface area contributed by atoms with E-state index in [4.69, 9.17) is 16.3 Å². The number of nitrogens with one attached hydrogen (secondary N) is 3. The molecule has 0 aliphatic heterocycles. The highest BCUT2D eigenvalue weighted by Gasteiger charge is 2.26. The van der Waals surface area contributed by atoms with Crippen LogP contribution in [0.5, 0.6) is 0 Å². The van der Waals surface area contributed by atoms with Crippen LogP contribution in [0.1, 0.15) is 56.9 Å². The Morgan fingerprint density at radius 2 is 1.90 bits per heavy atom. The van der Waals surface area contributed by atoms with E-state index in [1.807, 2.05) is 20.8 Å². The second-order valence-electron chi connectivity index (χ2n) is 8.57. The highest BCUT2D eigenvalue weighted by Crippen LogP contribution is 2.28. The third-order valence-electron chi connectivity index (χ3n) is 4.77. The Hall–Kier alpha value is -2.87. The van der Waals surface area contributed by atoms with Gasteiger partial charge in [0, 0.05) is 24.3 Å². The van der Waals surface area contributed by atoms with E-state index in [2.05, 4.69) is 25.9 Å². The van der Waals surface area contributed by atoms with E-state index in [1.165, 1.54) is 0 Å². The summed E-state index contributed by atoms with van der Waals surface area (Å²) in [6.45, 7) is 5.52. The fourth-order valence-electron chi connectivity index (χ4n) is 3.48. The number of aromatic nitrogens is 2. The van der Waals surface area contributed by atoms with Crippen LogP contribution in [0.2, 0.25) is 5.15 Å². The molecule has 2 heterocycles. The molecule has 2 atom stereocenters. The third kappa shape index (κ3) is 7.10. The van der Waals surface area contributed by atoms with Crippen molar-refractivity contribution in [3.63, 3.8) is 0 Å². The number of amides is 2. The topological polar surface area (TPSA) is 105 Å². The Morgan fingerprint density at radius 1 is 1.13 bits per heavy atom. The number of anilines is 2. The Labute approximate surface area is 187 Å². The van der Waals surface area contributed by atoms with Gasteiger partial charge < -0.3 is 20.7 Å². The molecule has 0 radical (unpaired) electrons. The predicted octanol–water partition coefficient (Wildman–Crippen LogP) is 4.63. The molecule has 1 aliphatic carbocycles. The minimum absolute atomic E-state index is 0.00733. The summed E-state index contributed by atoms with van der Waals surface area (Å²) in [5.74, 6) is -0.334. The second kappa shape index (κ2) is 9.96. The standard InChI is InChI=1S/C22H28ClN5O3/c1-22(2,3)31-21(30)27-15-8-6-7-14(11-15)26-18-13-25-19(23)12-17(18)28-20(29)16-9-4-5-10-24-16/h4-5,9-10,12-15,26H,6-8,11H2,1-3H3,(H,27,30)(H,25,28,29)/t14-,15+/m1/s1. The molecule has 31 heavy (non-hydrogen) atoms. The van der Waals surface area contributed by atoms with E-state index < -0.39 is 11.7 Å². The van der Waals surface area contributed by atoms with Crippen LogP contribution in [0.25, 0.3) is 0 Å². The van der Waals surface area contributed by atoms with Crippen molar-refractivity contribution in [1.29, 1.82) is 0 Å². The quantitative estimate of drug-likeness (QED) is 0.579. The van der Waals surface area contributed by atoms with Gasteiger partial charge in [-0.3, -0.25) is 9.78 Å². The molecular weight excluding hydrogens is 418 g/mol. The van der Waals surface area contributed by atoms with Crippen LogP contribution in [0.3, 0.4) is 0 Å². The van der Waals surface area contributed by atoms with Gasteiger partial charge in [-0.05, 0) is 58.6 Å². The lowest BCUT2D eigenvalue weighted by molar-refractivity contribution is 0.0491. The van der Waals surface area contributed by atoms with E-state index in [0.717, 1.165) is 25.7 Å². The molecule has 3 rings (SSSR count). The molecule has 2 aromatic rings. The number of hydrogen-bond donors (Lipinski definition) is 3. The Kier molecular flexibility index (Phi) is 7.33. The number of rotatable bonds is 5. The van der Waals surface area contributed by atoms with Crippen LogP contribution in [0, 0.1) is 0 Å². The SMILES string of the molecule is CC(C)(C)OC(=O)N[C@H]1CCC[C@@H](Nc2cnc(Cl)cc2NC(=O)c2ccccn2)C1. The highest BCUT2D eigenvalue weighted by molar-refractivity contribution is 6.29. The molecular formula is C22H28ClN5O3. The van der Waals surface area contributed by atoms with Gasteiger partial charge in [-0.15, -0.1) is 0 Å². The molecule has 3 N–H and O–H groups in total. The monoisotopic (exact) mass is 445 g/mol. The molecule has 0 aromatic carbocycles. The van der Waals surface area contributed by atoms with Gasteiger partial charge in [-0.25, -0.2) is 9.78 Å². The third-order valence-corrected chi connectivity index (χ3v) is 4.98. The predicted molar refractivity (Wildman–Crippen MR) is 120 cm³/mol. The van der Waals surface area contributed by atoms with Gasteiger partial charge >= 0.3 is 6.09 Å². The van der Waals surface area contributed by atoms with Gasteiger partial charge in [0.15, 0.2) is 0 Å². The molecule has 9 heteroatoms. The van der Waals surface area contributed by atoms with Gasteiger partial charge in [-0.1, -0.05) is 17.7 Å². The van der Waals surface area contributed by atoms with Crippen LogP contribution in [0.4, 0.5) is 16.2 Å². The summed E-state index contributed by atoms with van der Waals surface area (Å²) in [5.41, 5.74) is 0.960. The Balaban J connectivity index is 1.65. The van der Waals surface area contributed by atoms with Crippen molar-refractivity contribution in [2.24, 2.45) is 0 Å². The van der Waals surface area contributed by atoms with Gasteiger partial charge in [0.2, 0.25) is 0 Å². The minimum atomic E-state index is -0.536. The van der Waals surface area contributed by atoms with Gasteiger partial charge in [0.25, 0.3) is 5.91 Å². The summed E-state index contributed by atoms with van der Waals surface area (Å²) < 4.78 is 5.36. The van der Waals surface area contributed by atoms with E-state index in [1.54, 1.807) is 36.7 Å². The van der Waals surface area contributed by atoms with Crippen LogP contribution >= 0.6 is 11.6 Å². The molecule has 1 saturated carbocycles. The number of ether oxygens (including phenoxy) is 1. The molecule has 0 saturated heterocycles. The maximum Gasteiger partial charge on any atom is 0.407 e. The van der Waals surface area contributed by atoms with E-state index >= 15 is 0 Å². The first-order valence-corrected chi connectivity index (χ1v) is 10.7. The molecule has 0 bridgehead atoms. The van der Waals surface area contributed by atoms with Crippen molar-refractivity contribution in [2.45, 2.75) is 64.1 Å². The molecule has 8 nitrogen and oxygen atoms in total. The minimum Gasteiger partial charge on any atom is -0.444 e. The number of hydrogen-bond acceptors (Lipinski definition) is 6. The molecule has 1 fully saturated rings. The van der Waals surface area contributed by atoms with E-state index in [9.17, 15) is 9.59 Å². The summed E-state index contributed by atoms with van der Waals surface area (Å²) in [6.07, 6.45) is 6.26. The average Bonchev–Trinajstić information content (AvgIpc) is 2.69. The number of alkyl carbamates (subject to hydrolysis) is 1. The van der Waals surface area contributed by atoms with Crippen molar-refractivity contribution in [3.8, 4) is 0 Å². The smallest absolute Gasteiger partial charge is 0.407 e. The zero-order valence-electron chi connectivity index (χ0n) is 17.9. The van der Waals surface area contributed by atoms with Crippen molar-refractivity contribution in [3.05, 3.63) is 47.5 Å². The van der Waals surface area contributed by atoms with Crippen LogP contribution < -0.4 is 16.0 Å². The second-order valence-corrected chi connectivity index (χ2v) is 8.96. The normalized spacial score (nSPS) is 18.7. The lowest BCUT2D eigenvalue weighted by Gasteiger charge is -2.32. The zero-order valence-corrected chi connectivity index (χ0v) is 18.7. The molecule has 2 aromatic heterocycles. The number of carbonyl (C=O) groups is 2. The summed E-state index contributed by atoms with van der Waals surface area (Å²) >= 11 is 6.06. The van der Waals surface area contributed by atoms with Crippen molar-refractivity contribution in [1.82, 2.24) is 15.3 Å². The number of carbonyl (C=O) groups excluding carboxylic acids is 2. The van der Waals surface area contributed by atoms with Crippen LogP contribution in [-0.4, -0.2) is 39.7 Å². The first-order valence-electron chi connectivity index (χ1n) is 10.3. The lowest BCUT2D eigenvalue weighted by Crippen LogP contribution is -2.43. The zero-order chi connectivity index (χ0) is 22.4. The summed E-state index contributed by atoms with van der Waals surface area (Å²) in [5, 5.41) is 9.51. The van der Waals surface area contributed by atoms with Gasteiger partial charge in [0.1, 0.15) is 16.4 Å². The summed E-state index contributed by atoms with van der Waals surface area (Å²) in [7, 11) is 0. The average molecular weight is 446 g/mol. The molecule has 0 spiro atoms. The van der Waals surface area contributed by atoms with Crippen molar-refractivity contribution >= 4 is 35.0 Å². The maximum absolute atomic E-state index is 12.5. The molecule has 1 aliphatic rings. The molecule has 166 valence electrons. The largest absolute Gasteiger partial charge is 0.444 e. The van der Waals surface area contributed by atoms with E-state index in [0.29, 0.717) is 17.1 Å². The Bertz CT molecular complexity index is 917. The number of halogens is 1. The van der Waals surface area contributed by atoms with Crippen LogP contribution in [-0.2, 0) is 4.74 Å². The first kappa shape index (κ1) is 22.8. The van der Waals surface area contributed by atoms with Gasteiger partial charge in [0.05, 0.1) is 17.6 Å². The summed E-state index contributed by atoms with van der Waals surface area (Å²) in [4.78, 5) is 32.9. The fourth-order valence-corrected chi connectivity index (χ4v) is 3.64. The molecule has 2 amide bonds. The number of nitrogens with zero attached hydrogens (tertiary/aromatic N) is 2. The van der Waals surface area contributed by atoms with Crippen molar-refractivity contribution in [2.75, 3.05) is 10.6 Å². The van der Waals surface area contributed by atoms with Crippen LogP contribution in [0.15, 0.2) is 36.7 Å². The molecule has 0 unspecified atom stereocenters. The fraction of sp³-hybridized carbons (Fsp3) is 0.455. The van der Waals surface area contributed by atoms with Gasteiger partial charge in [-0.2, -0.15) is 0 Å². The number of pyridine rings is 2. The highest BCUT2D eigenvalue weighted by atomic mass is 35.5. The summed E-state index contributed by atoms with van der Waals surface area (Å²) in [6, 6.07) is 6.84. The maximum atomic E-state index is 12.5. The Morgan fingerprint density at radius 3 is 2.61 bits per heavy atom.